The van der Waals surface area contributed by atoms with Crippen molar-refractivity contribution in [2.45, 2.75) is 33.7 Å². The Bertz CT molecular complexity index is 2040. The average molecular weight is 615 g/mol. The molecule has 2 aromatic heterocycles. The highest BCUT2D eigenvalue weighted by atomic mass is 19.1. The highest BCUT2D eigenvalue weighted by Crippen LogP contribution is 2.38. The summed E-state index contributed by atoms with van der Waals surface area (Å²) in [6.07, 6.45) is 1.88. The Morgan fingerprint density at radius 2 is 1.56 bits per heavy atom. The van der Waals surface area contributed by atoms with Gasteiger partial charge in [-0.3, -0.25) is 19.7 Å². The number of carbonyl (C=O) groups is 1. The first kappa shape index (κ1) is 30.8. The molecule has 0 fully saturated rings. The summed E-state index contributed by atoms with van der Waals surface area (Å²) < 4.78 is 38.1. The van der Waals surface area contributed by atoms with E-state index in [4.69, 9.17) is 18.9 Å². The summed E-state index contributed by atoms with van der Waals surface area (Å²) in [6, 6.07) is 13.1. The molecule has 5 aromatic rings. The lowest BCUT2D eigenvalue weighted by molar-refractivity contribution is 0.213. The molecule has 0 aliphatic carbocycles. The van der Waals surface area contributed by atoms with Gasteiger partial charge in [0, 0.05) is 29.4 Å². The maximum absolute atomic E-state index is 13.5. The van der Waals surface area contributed by atoms with Crippen LogP contribution >= 0.6 is 0 Å². The molecule has 1 amide bonds. The Kier molecular flexibility index (Phi) is 8.57. The van der Waals surface area contributed by atoms with Crippen LogP contribution in [-0.2, 0) is 0 Å². The molecule has 0 bridgehead atoms. The van der Waals surface area contributed by atoms with E-state index in [0.29, 0.717) is 45.2 Å². The largest absolute Gasteiger partial charge is 0.493 e. The third-order valence-corrected chi connectivity index (χ3v) is 7.33. The van der Waals surface area contributed by atoms with Gasteiger partial charge in [-0.15, -0.1) is 0 Å². The van der Waals surface area contributed by atoms with Gasteiger partial charge < -0.3 is 18.9 Å². The minimum Gasteiger partial charge on any atom is -0.493 e. The molecule has 12 heteroatoms. The first-order valence-corrected chi connectivity index (χ1v) is 13.9. The van der Waals surface area contributed by atoms with Crippen LogP contribution in [0.25, 0.3) is 16.6 Å². The molecule has 0 radical (unpaired) electrons. The number of methoxy groups -OCH3 is 2. The van der Waals surface area contributed by atoms with Crippen molar-refractivity contribution in [3.8, 4) is 34.4 Å². The van der Waals surface area contributed by atoms with Gasteiger partial charge in [-0.2, -0.15) is 0 Å². The van der Waals surface area contributed by atoms with Crippen LogP contribution in [0.5, 0.6) is 28.7 Å². The number of rotatable bonds is 8. The fourth-order valence-corrected chi connectivity index (χ4v) is 4.74. The number of benzene rings is 3. The van der Waals surface area contributed by atoms with Crippen LogP contribution in [0.15, 0.2) is 76.6 Å². The summed E-state index contributed by atoms with van der Waals surface area (Å²) in [7, 11) is 3.10. The van der Waals surface area contributed by atoms with Gasteiger partial charge >= 0.3 is 17.3 Å². The van der Waals surface area contributed by atoms with Crippen molar-refractivity contribution in [1.82, 2.24) is 14.1 Å². The van der Waals surface area contributed by atoms with Crippen LogP contribution in [0.2, 0.25) is 0 Å². The summed E-state index contributed by atoms with van der Waals surface area (Å²) in [5, 5.41) is 3.38. The van der Waals surface area contributed by atoms with E-state index in [-0.39, 0.29) is 17.5 Å². The lowest BCUT2D eigenvalue weighted by Crippen LogP contribution is -2.40. The zero-order valence-electron chi connectivity index (χ0n) is 25.5. The zero-order valence-corrected chi connectivity index (χ0v) is 25.5. The molecule has 0 unspecified atom stereocenters. The predicted octanol–water partition coefficient (Wildman–Crippen LogP) is 6.30. The molecule has 45 heavy (non-hydrogen) atoms. The van der Waals surface area contributed by atoms with Crippen molar-refractivity contribution in [3.05, 3.63) is 105 Å². The molecule has 2 heterocycles. The number of hydrogen-bond donors (Lipinski definition) is 1. The fourth-order valence-electron chi connectivity index (χ4n) is 4.74. The molecule has 0 spiro atoms. The minimum atomic E-state index is -0.941. The van der Waals surface area contributed by atoms with Crippen molar-refractivity contribution in [2.24, 2.45) is 0 Å². The Balaban J connectivity index is 1.42. The van der Waals surface area contributed by atoms with Crippen molar-refractivity contribution in [2.75, 3.05) is 19.5 Å². The topological polar surface area (TPSA) is 123 Å². The fraction of sp³-hybridized carbons (Fsp3) is 0.212. The Morgan fingerprint density at radius 1 is 0.867 bits per heavy atom. The lowest BCUT2D eigenvalue weighted by Gasteiger charge is -2.17. The van der Waals surface area contributed by atoms with E-state index < -0.39 is 23.2 Å². The molecule has 0 saturated heterocycles. The number of amides is 1. The van der Waals surface area contributed by atoms with Crippen LogP contribution in [0, 0.1) is 19.7 Å². The smallest absolute Gasteiger partial charge is 0.417 e. The molecule has 0 atom stereocenters. The van der Waals surface area contributed by atoms with Gasteiger partial charge in [-0.25, -0.2) is 18.5 Å². The minimum absolute atomic E-state index is 0.133. The summed E-state index contributed by atoms with van der Waals surface area (Å²) in [6.45, 7) is 7.12. The van der Waals surface area contributed by atoms with E-state index >= 15 is 0 Å². The highest BCUT2D eigenvalue weighted by molar-refractivity contribution is 5.89. The number of anilines is 1. The average Bonchev–Trinajstić information content (AvgIpc) is 3.02. The van der Waals surface area contributed by atoms with Crippen molar-refractivity contribution in [1.29, 1.82) is 0 Å². The molecule has 0 aliphatic rings. The summed E-state index contributed by atoms with van der Waals surface area (Å²) in [5.41, 5.74) is 1.12. The van der Waals surface area contributed by atoms with Crippen LogP contribution in [-0.4, -0.2) is 34.4 Å². The summed E-state index contributed by atoms with van der Waals surface area (Å²) >= 11 is 0. The van der Waals surface area contributed by atoms with Gasteiger partial charge in [0.1, 0.15) is 17.3 Å². The summed E-state index contributed by atoms with van der Waals surface area (Å²) in [5.74, 6) is 1.25. The molecular formula is C33H31FN4O7. The molecule has 11 nitrogen and oxygen atoms in total. The number of nitrogens with zero attached hydrogens (tertiary/aromatic N) is 3. The number of aromatic nitrogens is 3. The van der Waals surface area contributed by atoms with Crippen LogP contribution in [0.3, 0.4) is 0 Å². The van der Waals surface area contributed by atoms with Gasteiger partial charge in [-0.05, 0) is 87.4 Å². The predicted molar refractivity (Wildman–Crippen MR) is 167 cm³/mol. The van der Waals surface area contributed by atoms with Gasteiger partial charge in [0.15, 0.2) is 11.5 Å². The number of ether oxygens (including phenoxy) is 4. The van der Waals surface area contributed by atoms with Gasteiger partial charge in [0.25, 0.3) is 0 Å². The van der Waals surface area contributed by atoms with E-state index in [2.05, 4.69) is 10.3 Å². The van der Waals surface area contributed by atoms with Gasteiger partial charge in [0.2, 0.25) is 5.75 Å². The number of pyridine rings is 1. The standard InChI is InChI=1S/C33H31FN4O7/c1-18(2)37-17-30(31(39)38(33(37)41)22-9-7-21(34)8-10-22)45-32(40)36-24-11-12-26(20(4)19(24)3)44-27-13-14-35-25-16-29(43-6)28(42-5)15-23(25)27/h7-18H,1-6H3,(H,36,40). The van der Waals surface area contributed by atoms with Crippen molar-refractivity contribution in [3.63, 3.8) is 0 Å². The SMILES string of the molecule is COc1cc2nccc(Oc3ccc(NC(=O)Oc4cn(C(C)C)c(=O)n(-c5ccc(F)cc5)c4=O)c(C)c3C)c2cc1OC. The number of hydrogen-bond acceptors (Lipinski definition) is 8. The third kappa shape index (κ3) is 6.07. The number of fused-ring (bicyclic) bond motifs is 1. The number of halogens is 1. The molecule has 3 aromatic carbocycles. The lowest BCUT2D eigenvalue weighted by atomic mass is 10.1. The van der Waals surface area contributed by atoms with Gasteiger partial charge in [0.05, 0.1) is 31.6 Å². The Labute approximate surface area is 257 Å². The van der Waals surface area contributed by atoms with Crippen molar-refractivity contribution < 1.29 is 28.1 Å². The van der Waals surface area contributed by atoms with Crippen LogP contribution in [0.4, 0.5) is 14.9 Å². The quantitative estimate of drug-likeness (QED) is 0.216. The first-order valence-electron chi connectivity index (χ1n) is 13.9. The second kappa shape index (κ2) is 12.5. The summed E-state index contributed by atoms with van der Waals surface area (Å²) in [4.78, 5) is 43.8. The molecule has 232 valence electrons. The highest BCUT2D eigenvalue weighted by Gasteiger charge is 2.20. The number of carbonyl (C=O) groups excluding carboxylic acids is 1. The molecule has 0 aliphatic heterocycles. The van der Waals surface area contributed by atoms with Crippen LogP contribution in [0.1, 0.15) is 31.0 Å². The maximum Gasteiger partial charge on any atom is 0.417 e. The van der Waals surface area contributed by atoms with E-state index in [1.165, 1.54) is 22.9 Å². The van der Waals surface area contributed by atoms with Crippen LogP contribution < -0.4 is 35.5 Å². The monoisotopic (exact) mass is 614 g/mol. The van der Waals surface area contributed by atoms with E-state index in [9.17, 15) is 18.8 Å². The molecule has 1 N–H and O–H groups in total. The first-order chi connectivity index (χ1) is 21.5. The maximum atomic E-state index is 13.5. The second-order valence-corrected chi connectivity index (χ2v) is 10.4. The third-order valence-electron chi connectivity index (χ3n) is 7.33. The van der Waals surface area contributed by atoms with E-state index in [0.717, 1.165) is 22.3 Å². The second-order valence-electron chi connectivity index (χ2n) is 10.4. The normalized spacial score (nSPS) is 11.0. The number of nitrogens with one attached hydrogen (secondary N) is 1. The zero-order chi connectivity index (χ0) is 32.4. The molecule has 0 saturated carbocycles. The molecule has 5 rings (SSSR count). The molecular weight excluding hydrogens is 583 g/mol. The van der Waals surface area contributed by atoms with Gasteiger partial charge in [-0.1, -0.05) is 0 Å². The Hall–Kier alpha value is -5.65. The Morgan fingerprint density at radius 3 is 2.22 bits per heavy atom. The van der Waals surface area contributed by atoms with E-state index in [1.54, 1.807) is 71.5 Å². The van der Waals surface area contributed by atoms with E-state index in [1.807, 2.05) is 6.92 Å². The van der Waals surface area contributed by atoms with Crippen molar-refractivity contribution >= 4 is 22.7 Å².